The minimum atomic E-state index is -1.30. The van der Waals surface area contributed by atoms with E-state index in [9.17, 15) is 9.90 Å². The lowest BCUT2D eigenvalue weighted by molar-refractivity contribution is -0.170. The zero-order chi connectivity index (χ0) is 14.6. The predicted octanol–water partition coefficient (Wildman–Crippen LogP) is 1.71. The van der Waals surface area contributed by atoms with Crippen molar-refractivity contribution in [1.29, 1.82) is 0 Å². The van der Waals surface area contributed by atoms with Crippen molar-refractivity contribution in [2.75, 3.05) is 20.3 Å². The van der Waals surface area contributed by atoms with E-state index in [4.69, 9.17) is 14.6 Å². The Morgan fingerprint density at radius 2 is 2.25 bits per heavy atom. The molecule has 0 fully saturated rings. The van der Waals surface area contributed by atoms with E-state index in [1.54, 1.807) is 19.2 Å². The Morgan fingerprint density at radius 3 is 2.90 bits per heavy atom. The molecule has 20 heavy (non-hydrogen) atoms. The van der Waals surface area contributed by atoms with Crippen LogP contribution in [0.15, 0.2) is 18.2 Å². The fraction of sp³-hybridized carbons (Fsp3) is 0.533. The molecule has 110 valence electrons. The first-order valence-corrected chi connectivity index (χ1v) is 6.79. The summed E-state index contributed by atoms with van der Waals surface area (Å²) in [5.41, 5.74) is 0.367. The average molecular weight is 280 g/mol. The van der Waals surface area contributed by atoms with Gasteiger partial charge in [0.05, 0.1) is 13.7 Å². The Morgan fingerprint density at radius 1 is 1.45 bits per heavy atom. The van der Waals surface area contributed by atoms with Crippen molar-refractivity contribution in [1.82, 2.24) is 0 Å². The van der Waals surface area contributed by atoms with Crippen molar-refractivity contribution < 1.29 is 24.5 Å². The molecule has 0 amide bonds. The van der Waals surface area contributed by atoms with Crippen molar-refractivity contribution in [3.63, 3.8) is 0 Å². The van der Waals surface area contributed by atoms with E-state index in [2.05, 4.69) is 0 Å². The van der Waals surface area contributed by atoms with E-state index in [1.807, 2.05) is 6.07 Å². The van der Waals surface area contributed by atoms with Crippen LogP contribution >= 0.6 is 0 Å². The minimum Gasteiger partial charge on any atom is -0.497 e. The molecule has 0 aliphatic heterocycles. The summed E-state index contributed by atoms with van der Waals surface area (Å²) in [6.07, 6.45) is 2.46. The number of hydrogen-bond acceptors (Lipinski definition) is 4. The van der Waals surface area contributed by atoms with E-state index < -0.39 is 11.6 Å². The first-order chi connectivity index (χ1) is 9.64. The molecule has 0 saturated carbocycles. The third kappa shape index (κ3) is 2.64. The molecule has 1 atom stereocenters. The number of fused-ring (bicyclic) bond motifs is 1. The van der Waals surface area contributed by atoms with Gasteiger partial charge in [-0.1, -0.05) is 6.07 Å². The molecule has 1 unspecified atom stereocenters. The molecule has 0 spiro atoms. The minimum absolute atomic E-state index is 0.00876. The van der Waals surface area contributed by atoms with Crippen LogP contribution in [0.4, 0.5) is 0 Å². The topological polar surface area (TPSA) is 76.0 Å². The van der Waals surface area contributed by atoms with Gasteiger partial charge in [-0.3, -0.25) is 0 Å². The lowest BCUT2D eigenvalue weighted by Gasteiger charge is -2.35. The Bertz CT molecular complexity index is 485. The van der Waals surface area contributed by atoms with Crippen LogP contribution in [-0.4, -0.2) is 36.5 Å². The quantitative estimate of drug-likeness (QED) is 0.776. The third-order valence-electron chi connectivity index (χ3n) is 3.72. The van der Waals surface area contributed by atoms with Crippen LogP contribution in [0.2, 0.25) is 0 Å². The lowest BCUT2D eigenvalue weighted by atomic mass is 9.78. The molecule has 0 heterocycles. The van der Waals surface area contributed by atoms with Gasteiger partial charge in [-0.05, 0) is 48.9 Å². The number of aliphatic hydroxyl groups excluding tert-OH is 1. The Labute approximate surface area is 118 Å². The molecule has 2 rings (SSSR count). The van der Waals surface area contributed by atoms with Gasteiger partial charge >= 0.3 is 5.97 Å². The van der Waals surface area contributed by atoms with Gasteiger partial charge in [0.15, 0.2) is 5.60 Å². The Hall–Kier alpha value is -1.59. The summed E-state index contributed by atoms with van der Waals surface area (Å²) in [5.74, 6) is -0.248. The fourth-order valence-corrected chi connectivity index (χ4v) is 2.71. The summed E-state index contributed by atoms with van der Waals surface area (Å²) in [4.78, 5) is 11.8. The average Bonchev–Trinajstić information content (AvgIpc) is 2.46. The highest BCUT2D eigenvalue weighted by atomic mass is 16.5. The first kappa shape index (κ1) is 14.8. The van der Waals surface area contributed by atoms with E-state index in [0.29, 0.717) is 18.4 Å². The number of ether oxygens (including phenoxy) is 2. The Balaban J connectivity index is 2.37. The number of carboxylic acids is 1. The summed E-state index contributed by atoms with van der Waals surface area (Å²) in [7, 11) is 1.59. The van der Waals surface area contributed by atoms with Gasteiger partial charge < -0.3 is 19.7 Å². The fourth-order valence-electron chi connectivity index (χ4n) is 2.71. The van der Waals surface area contributed by atoms with Crippen molar-refractivity contribution in [3.05, 3.63) is 29.3 Å². The summed E-state index contributed by atoms with van der Waals surface area (Å²) in [6.45, 7) is 0.222. The molecule has 0 bridgehead atoms. The molecular formula is C15H20O5. The third-order valence-corrected chi connectivity index (χ3v) is 3.72. The van der Waals surface area contributed by atoms with Gasteiger partial charge in [-0.25, -0.2) is 4.79 Å². The number of benzene rings is 1. The summed E-state index contributed by atoms with van der Waals surface area (Å²) in [6, 6.07) is 5.42. The zero-order valence-electron chi connectivity index (χ0n) is 11.6. The van der Waals surface area contributed by atoms with E-state index >= 15 is 0 Å². The van der Waals surface area contributed by atoms with Crippen LogP contribution in [0.5, 0.6) is 5.75 Å². The number of aryl methyl sites for hydroxylation is 1. The SMILES string of the molecule is COc1ccc2c(c1)CCCC2(OCCCO)C(=O)O. The van der Waals surface area contributed by atoms with Crippen LogP contribution in [0.1, 0.15) is 30.4 Å². The number of aliphatic hydroxyl groups is 1. The van der Waals surface area contributed by atoms with Crippen molar-refractivity contribution in [2.45, 2.75) is 31.3 Å². The molecule has 0 aromatic heterocycles. The molecule has 1 aromatic rings. The highest BCUT2D eigenvalue weighted by Crippen LogP contribution is 2.40. The first-order valence-electron chi connectivity index (χ1n) is 6.79. The highest BCUT2D eigenvalue weighted by Gasteiger charge is 2.44. The lowest BCUT2D eigenvalue weighted by Crippen LogP contribution is -2.42. The molecule has 0 radical (unpaired) electrons. The summed E-state index contributed by atoms with van der Waals surface area (Å²) in [5, 5.41) is 18.5. The largest absolute Gasteiger partial charge is 0.497 e. The maximum Gasteiger partial charge on any atom is 0.340 e. The van der Waals surface area contributed by atoms with Gasteiger partial charge in [-0.2, -0.15) is 0 Å². The van der Waals surface area contributed by atoms with Gasteiger partial charge in [0, 0.05) is 6.61 Å². The van der Waals surface area contributed by atoms with Crippen molar-refractivity contribution in [3.8, 4) is 5.75 Å². The van der Waals surface area contributed by atoms with Crippen LogP contribution in [0.25, 0.3) is 0 Å². The van der Waals surface area contributed by atoms with Gasteiger partial charge in [0.25, 0.3) is 0 Å². The number of methoxy groups -OCH3 is 1. The highest BCUT2D eigenvalue weighted by molar-refractivity contribution is 5.80. The van der Waals surface area contributed by atoms with Crippen LogP contribution in [0.3, 0.4) is 0 Å². The second-order valence-corrected chi connectivity index (χ2v) is 4.93. The molecule has 1 aromatic carbocycles. The maximum absolute atomic E-state index is 11.8. The van der Waals surface area contributed by atoms with Gasteiger partial charge in [-0.15, -0.1) is 0 Å². The second kappa shape index (κ2) is 6.24. The van der Waals surface area contributed by atoms with Crippen molar-refractivity contribution in [2.24, 2.45) is 0 Å². The smallest absolute Gasteiger partial charge is 0.340 e. The number of carbonyl (C=O) groups is 1. The maximum atomic E-state index is 11.8. The van der Waals surface area contributed by atoms with Crippen LogP contribution < -0.4 is 4.74 Å². The number of aliphatic carboxylic acids is 1. The zero-order valence-corrected chi connectivity index (χ0v) is 11.6. The second-order valence-electron chi connectivity index (χ2n) is 4.93. The predicted molar refractivity (Wildman–Crippen MR) is 72.9 cm³/mol. The van der Waals surface area contributed by atoms with Gasteiger partial charge in [0.2, 0.25) is 0 Å². The van der Waals surface area contributed by atoms with E-state index in [1.165, 1.54) is 0 Å². The molecule has 1 aliphatic rings. The van der Waals surface area contributed by atoms with Crippen LogP contribution in [0, 0.1) is 0 Å². The molecule has 5 nitrogen and oxygen atoms in total. The van der Waals surface area contributed by atoms with E-state index in [0.717, 1.165) is 24.2 Å². The number of carboxylic acid groups (broad SMARTS) is 1. The number of hydrogen-bond donors (Lipinski definition) is 2. The molecule has 0 saturated heterocycles. The monoisotopic (exact) mass is 280 g/mol. The molecule has 1 aliphatic carbocycles. The molecule has 5 heteroatoms. The summed E-state index contributed by atoms with van der Waals surface area (Å²) < 4.78 is 10.9. The van der Waals surface area contributed by atoms with Crippen molar-refractivity contribution >= 4 is 5.97 Å². The molecular weight excluding hydrogens is 260 g/mol. The molecule has 2 N–H and O–H groups in total. The standard InChI is InChI=1S/C15H20O5/c1-19-12-5-6-13-11(10-12)4-2-7-15(13,14(17)18)20-9-3-8-16/h5-6,10,16H,2-4,7-9H2,1H3,(H,17,18). The Kier molecular flexibility index (Phi) is 4.62. The summed E-state index contributed by atoms with van der Waals surface area (Å²) >= 11 is 0. The van der Waals surface area contributed by atoms with Crippen LogP contribution in [-0.2, 0) is 21.6 Å². The number of rotatable bonds is 6. The van der Waals surface area contributed by atoms with E-state index in [-0.39, 0.29) is 13.2 Å². The van der Waals surface area contributed by atoms with Gasteiger partial charge in [0.1, 0.15) is 5.75 Å². The normalized spacial score (nSPS) is 21.3.